The lowest BCUT2D eigenvalue weighted by Gasteiger charge is -2.21. The minimum absolute atomic E-state index is 0.107. The summed E-state index contributed by atoms with van der Waals surface area (Å²) in [7, 11) is -9.91. The number of hydrogen-bond acceptors (Lipinski definition) is 15. The van der Waals surface area contributed by atoms with Crippen LogP contribution in [-0.4, -0.2) is 96.7 Å². The van der Waals surface area contributed by atoms with E-state index in [1.807, 2.05) is 0 Å². The number of carbonyl (C=O) groups excluding carboxylic acids is 4. The maximum absolute atomic E-state index is 13.1. The molecular weight excluding hydrogens is 1270 g/mol. The molecule has 0 aromatic heterocycles. The summed E-state index contributed by atoms with van der Waals surface area (Å²) in [5, 5.41) is 10.6. The van der Waals surface area contributed by atoms with Gasteiger partial charge in [0.2, 0.25) is 0 Å². The molecule has 17 nitrogen and oxygen atoms in total. The number of unbranched alkanes of at least 4 members (excludes halogenated alkanes) is 46. The van der Waals surface area contributed by atoms with Gasteiger partial charge in [0.1, 0.15) is 19.3 Å². The van der Waals surface area contributed by atoms with Crippen molar-refractivity contribution in [2.45, 2.75) is 426 Å². The van der Waals surface area contributed by atoms with Gasteiger partial charge in [0.05, 0.1) is 26.4 Å². The van der Waals surface area contributed by atoms with E-state index in [1.54, 1.807) is 0 Å². The predicted molar refractivity (Wildman–Crippen MR) is 395 cm³/mol. The van der Waals surface area contributed by atoms with E-state index >= 15 is 0 Å². The molecule has 0 spiro atoms. The number of aliphatic hydroxyl groups excluding tert-OH is 1. The highest BCUT2D eigenvalue weighted by Crippen LogP contribution is 2.45. The van der Waals surface area contributed by atoms with Gasteiger partial charge in [-0.3, -0.25) is 37.3 Å². The summed E-state index contributed by atoms with van der Waals surface area (Å²) in [5.74, 6) is -0.591. The maximum atomic E-state index is 13.1. The number of phosphoric ester groups is 2. The quantitative estimate of drug-likeness (QED) is 0.0222. The van der Waals surface area contributed by atoms with E-state index in [0.29, 0.717) is 25.7 Å². The molecule has 0 saturated heterocycles. The molecule has 0 aromatic rings. The second kappa shape index (κ2) is 69.8. The topological polar surface area (TPSA) is 237 Å². The third-order valence-corrected chi connectivity index (χ3v) is 20.5. The van der Waals surface area contributed by atoms with E-state index in [2.05, 4.69) is 41.5 Å². The van der Waals surface area contributed by atoms with Crippen LogP contribution in [0.4, 0.5) is 0 Å². The molecule has 97 heavy (non-hydrogen) atoms. The van der Waals surface area contributed by atoms with Crippen LogP contribution in [0.5, 0.6) is 0 Å². The Kier molecular flexibility index (Phi) is 68.4. The SMILES string of the molecule is CCCCCCCCCCCCCCCCCCCCCC(=O)O[C@H](COC(=O)CCCCCCCCCCCCCCCC(C)C)COP(=O)(O)OC[C@@H](O)COP(=O)(O)OC[C@@H](COC(=O)CCCCCCCCC(C)CC)OC(=O)CCCCCCCCCCCCCC. The first-order valence-electron chi connectivity index (χ1n) is 40.5. The Balaban J connectivity index is 5.23. The molecule has 0 radical (unpaired) electrons. The number of phosphoric acid groups is 2. The van der Waals surface area contributed by atoms with Crippen molar-refractivity contribution in [3.05, 3.63) is 0 Å². The van der Waals surface area contributed by atoms with Crippen LogP contribution in [0.3, 0.4) is 0 Å². The van der Waals surface area contributed by atoms with Gasteiger partial charge >= 0.3 is 39.5 Å². The van der Waals surface area contributed by atoms with Crippen LogP contribution >= 0.6 is 15.6 Å². The van der Waals surface area contributed by atoms with Crippen LogP contribution in [0.2, 0.25) is 0 Å². The van der Waals surface area contributed by atoms with Gasteiger partial charge in [0.15, 0.2) is 12.2 Å². The standard InChI is InChI=1S/C78H152O17P2/c1-7-10-12-14-16-18-20-22-23-24-25-26-27-30-35-39-43-51-57-63-78(83)94-73(66-88-75(80)60-54-48-41-37-34-31-28-29-32-36-40-46-52-58-70(4)5)68-92-96(84,85)90-64-72(79)65-91-97(86,87)93-69-74(67-89-76(81)61-55-49-45-44-47-53-59-71(6)9-3)95-77(82)62-56-50-42-38-33-21-19-17-15-13-11-8-2/h70-74,79H,7-69H2,1-6H3,(H,84,85)(H,86,87)/t71?,72-,73-,74-/m1/s1. The second-order valence-electron chi connectivity index (χ2n) is 28.8. The first-order valence-corrected chi connectivity index (χ1v) is 43.5. The van der Waals surface area contributed by atoms with E-state index in [4.69, 9.17) is 37.0 Å². The maximum Gasteiger partial charge on any atom is 0.472 e. The highest BCUT2D eigenvalue weighted by Gasteiger charge is 2.30. The Hall–Kier alpha value is -1.94. The van der Waals surface area contributed by atoms with Crippen LogP contribution < -0.4 is 0 Å². The lowest BCUT2D eigenvalue weighted by molar-refractivity contribution is -0.161. The summed E-state index contributed by atoms with van der Waals surface area (Å²) in [6.45, 7) is 9.59. The molecule has 0 aromatic carbocycles. The number of ether oxygens (including phenoxy) is 4. The van der Waals surface area contributed by atoms with Gasteiger partial charge in [-0.25, -0.2) is 9.13 Å². The summed E-state index contributed by atoms with van der Waals surface area (Å²) in [5.41, 5.74) is 0. The van der Waals surface area contributed by atoms with Crippen LogP contribution in [0, 0.1) is 11.8 Å². The molecule has 3 N–H and O–H groups in total. The molecule has 19 heteroatoms. The Morgan fingerprint density at radius 2 is 0.526 bits per heavy atom. The zero-order valence-corrected chi connectivity index (χ0v) is 65.2. The minimum Gasteiger partial charge on any atom is -0.462 e. The van der Waals surface area contributed by atoms with Gasteiger partial charge in [0, 0.05) is 25.7 Å². The van der Waals surface area contributed by atoms with Crippen molar-refractivity contribution in [2.75, 3.05) is 39.6 Å². The lowest BCUT2D eigenvalue weighted by atomic mass is 10.00. The second-order valence-corrected chi connectivity index (χ2v) is 31.7. The van der Waals surface area contributed by atoms with Crippen molar-refractivity contribution in [3.8, 4) is 0 Å². The van der Waals surface area contributed by atoms with Gasteiger partial charge in [-0.1, -0.05) is 356 Å². The third-order valence-electron chi connectivity index (χ3n) is 18.6. The molecule has 0 aliphatic rings. The summed E-state index contributed by atoms with van der Waals surface area (Å²) in [6.07, 6.45) is 58.3. The number of carbonyl (C=O) groups is 4. The molecule has 0 bridgehead atoms. The average Bonchev–Trinajstić information content (AvgIpc) is 1.20. The number of esters is 4. The number of aliphatic hydroxyl groups is 1. The van der Waals surface area contributed by atoms with Crippen molar-refractivity contribution in [1.29, 1.82) is 0 Å². The Bertz CT molecular complexity index is 1870. The van der Waals surface area contributed by atoms with E-state index in [9.17, 15) is 43.2 Å². The average molecular weight is 1420 g/mol. The molecule has 0 aliphatic carbocycles. The molecule has 6 atom stereocenters. The van der Waals surface area contributed by atoms with Gasteiger partial charge in [-0.05, 0) is 37.5 Å². The molecule has 576 valence electrons. The summed E-state index contributed by atoms with van der Waals surface area (Å²) >= 11 is 0. The molecule has 0 fully saturated rings. The van der Waals surface area contributed by atoms with Crippen molar-refractivity contribution in [1.82, 2.24) is 0 Å². The smallest absolute Gasteiger partial charge is 0.462 e. The fourth-order valence-corrected chi connectivity index (χ4v) is 13.6. The van der Waals surface area contributed by atoms with Crippen LogP contribution in [0.1, 0.15) is 408 Å². The fraction of sp³-hybridized carbons (Fsp3) is 0.949. The first-order chi connectivity index (χ1) is 46.9. The largest absolute Gasteiger partial charge is 0.472 e. The van der Waals surface area contributed by atoms with Gasteiger partial charge in [0.25, 0.3) is 0 Å². The van der Waals surface area contributed by atoms with Gasteiger partial charge in [-0.15, -0.1) is 0 Å². The molecule has 0 rings (SSSR count). The molecule has 0 aliphatic heterocycles. The Labute approximate surface area is 594 Å². The summed E-state index contributed by atoms with van der Waals surface area (Å²) < 4.78 is 68.6. The normalized spacial score (nSPS) is 14.2. The molecular formula is C78H152O17P2. The van der Waals surface area contributed by atoms with E-state index < -0.39 is 97.5 Å². The van der Waals surface area contributed by atoms with E-state index in [-0.39, 0.29) is 25.7 Å². The molecule has 3 unspecified atom stereocenters. The molecule has 0 heterocycles. The van der Waals surface area contributed by atoms with Crippen LogP contribution in [0.15, 0.2) is 0 Å². The zero-order chi connectivity index (χ0) is 71.4. The predicted octanol–water partition coefficient (Wildman–Crippen LogP) is 23.1. The summed E-state index contributed by atoms with van der Waals surface area (Å²) in [6, 6.07) is 0. The van der Waals surface area contributed by atoms with Crippen molar-refractivity contribution in [3.63, 3.8) is 0 Å². The minimum atomic E-state index is -4.96. The lowest BCUT2D eigenvalue weighted by Crippen LogP contribution is -2.30. The monoisotopic (exact) mass is 1420 g/mol. The van der Waals surface area contributed by atoms with Crippen molar-refractivity contribution in [2.24, 2.45) is 11.8 Å². The molecule has 0 amide bonds. The zero-order valence-electron chi connectivity index (χ0n) is 63.4. The van der Waals surface area contributed by atoms with Crippen LogP contribution in [0.25, 0.3) is 0 Å². The first kappa shape index (κ1) is 95.1. The Morgan fingerprint density at radius 3 is 0.784 bits per heavy atom. The van der Waals surface area contributed by atoms with Gasteiger partial charge < -0.3 is 33.8 Å². The number of hydrogen-bond donors (Lipinski definition) is 3. The highest BCUT2D eigenvalue weighted by atomic mass is 31.2. The number of rotatable bonds is 77. The van der Waals surface area contributed by atoms with Crippen LogP contribution in [-0.2, 0) is 65.4 Å². The molecule has 0 saturated carbocycles. The van der Waals surface area contributed by atoms with E-state index in [1.165, 1.54) is 218 Å². The van der Waals surface area contributed by atoms with Crippen molar-refractivity contribution < 1.29 is 80.2 Å². The fourth-order valence-electron chi connectivity index (χ4n) is 12.0. The van der Waals surface area contributed by atoms with Crippen molar-refractivity contribution >= 4 is 39.5 Å². The summed E-state index contributed by atoms with van der Waals surface area (Å²) in [4.78, 5) is 72.9. The third kappa shape index (κ3) is 70.9. The van der Waals surface area contributed by atoms with E-state index in [0.717, 1.165) is 108 Å². The highest BCUT2D eigenvalue weighted by molar-refractivity contribution is 7.47. The Morgan fingerprint density at radius 1 is 0.299 bits per heavy atom. The van der Waals surface area contributed by atoms with Gasteiger partial charge in [-0.2, -0.15) is 0 Å².